The van der Waals surface area contributed by atoms with Crippen LogP contribution in [0, 0.1) is 0 Å². The summed E-state index contributed by atoms with van der Waals surface area (Å²) in [7, 11) is 0. The predicted molar refractivity (Wildman–Crippen MR) is 91.0 cm³/mol. The highest BCUT2D eigenvalue weighted by molar-refractivity contribution is 5.85. The molecule has 0 aromatic heterocycles. The Morgan fingerprint density at radius 2 is 1.96 bits per heavy atom. The second-order valence-corrected chi connectivity index (χ2v) is 6.07. The Morgan fingerprint density at radius 3 is 2.58 bits per heavy atom. The molecule has 1 fully saturated rings. The first-order chi connectivity index (χ1) is 11.5. The van der Waals surface area contributed by atoms with Gasteiger partial charge in [0, 0.05) is 39.0 Å². The van der Waals surface area contributed by atoms with Crippen LogP contribution in [-0.4, -0.2) is 53.2 Å². The van der Waals surface area contributed by atoms with Crippen LogP contribution in [0.2, 0.25) is 0 Å². The van der Waals surface area contributed by atoms with Gasteiger partial charge in [-0.25, -0.2) is 0 Å². The molecule has 3 amide bonds. The van der Waals surface area contributed by atoms with E-state index in [1.165, 1.54) is 6.92 Å². The van der Waals surface area contributed by atoms with E-state index < -0.39 is 0 Å². The molecule has 0 radical (unpaired) electrons. The number of hydrogen-bond acceptors (Lipinski definition) is 3. The van der Waals surface area contributed by atoms with Crippen LogP contribution in [0.1, 0.15) is 32.3 Å². The third kappa shape index (κ3) is 4.81. The Labute approximate surface area is 142 Å². The molecular weight excluding hydrogens is 306 g/mol. The summed E-state index contributed by atoms with van der Waals surface area (Å²) < 4.78 is 0. The molecular formula is C18H25N3O3. The zero-order chi connectivity index (χ0) is 17.5. The Morgan fingerprint density at radius 1 is 1.25 bits per heavy atom. The number of rotatable bonds is 5. The van der Waals surface area contributed by atoms with E-state index in [2.05, 4.69) is 5.32 Å². The van der Waals surface area contributed by atoms with Gasteiger partial charge in [0.2, 0.25) is 17.7 Å². The minimum atomic E-state index is -0.230. The van der Waals surface area contributed by atoms with Crippen molar-refractivity contribution in [3.8, 4) is 0 Å². The van der Waals surface area contributed by atoms with Crippen molar-refractivity contribution in [3.05, 3.63) is 35.9 Å². The number of carbonyl (C=O) groups excluding carboxylic acids is 3. The molecule has 0 bridgehead atoms. The maximum atomic E-state index is 12.5. The van der Waals surface area contributed by atoms with Gasteiger partial charge in [0.25, 0.3) is 0 Å². The van der Waals surface area contributed by atoms with Crippen LogP contribution >= 0.6 is 0 Å². The van der Waals surface area contributed by atoms with Crippen LogP contribution in [0.5, 0.6) is 0 Å². The average molecular weight is 331 g/mol. The molecule has 1 saturated heterocycles. The van der Waals surface area contributed by atoms with E-state index in [4.69, 9.17) is 0 Å². The van der Waals surface area contributed by atoms with Crippen LogP contribution in [0.15, 0.2) is 30.3 Å². The monoisotopic (exact) mass is 331 g/mol. The van der Waals surface area contributed by atoms with Crippen molar-refractivity contribution in [1.29, 1.82) is 0 Å². The van der Waals surface area contributed by atoms with Gasteiger partial charge in [0.15, 0.2) is 0 Å². The van der Waals surface area contributed by atoms with Gasteiger partial charge in [-0.05, 0) is 12.0 Å². The van der Waals surface area contributed by atoms with Crippen molar-refractivity contribution in [2.45, 2.75) is 39.3 Å². The number of hydrogen-bond donors (Lipinski definition) is 1. The van der Waals surface area contributed by atoms with E-state index in [-0.39, 0.29) is 30.3 Å². The normalized spacial score (nSPS) is 18.2. The summed E-state index contributed by atoms with van der Waals surface area (Å²) in [5, 5.41) is 2.53. The topological polar surface area (TPSA) is 69.7 Å². The first kappa shape index (κ1) is 18.0. The number of benzene rings is 1. The minimum absolute atomic E-state index is 0.0125. The Kier molecular flexibility index (Phi) is 6.35. The Balaban J connectivity index is 2.07. The highest BCUT2D eigenvalue weighted by Gasteiger charge is 2.30. The summed E-state index contributed by atoms with van der Waals surface area (Å²) in [6.45, 7) is 4.87. The Hall–Kier alpha value is -2.37. The van der Waals surface area contributed by atoms with Gasteiger partial charge in [-0.15, -0.1) is 0 Å². The van der Waals surface area contributed by atoms with E-state index in [0.29, 0.717) is 26.1 Å². The van der Waals surface area contributed by atoms with Crippen LogP contribution in [-0.2, 0) is 20.9 Å². The van der Waals surface area contributed by atoms with E-state index in [0.717, 1.165) is 12.0 Å². The van der Waals surface area contributed by atoms with E-state index in [1.807, 2.05) is 42.2 Å². The lowest BCUT2D eigenvalue weighted by atomic mass is 10.1. The molecule has 2 rings (SSSR count). The van der Waals surface area contributed by atoms with Crippen molar-refractivity contribution in [1.82, 2.24) is 15.1 Å². The fourth-order valence-corrected chi connectivity index (χ4v) is 2.91. The fraction of sp³-hybridized carbons (Fsp3) is 0.500. The lowest BCUT2D eigenvalue weighted by molar-refractivity contribution is -0.133. The van der Waals surface area contributed by atoms with Crippen LogP contribution < -0.4 is 5.32 Å². The molecule has 1 aromatic carbocycles. The van der Waals surface area contributed by atoms with Crippen molar-refractivity contribution in [2.24, 2.45) is 0 Å². The smallest absolute Gasteiger partial charge is 0.242 e. The largest absolute Gasteiger partial charge is 0.347 e. The second kappa shape index (κ2) is 8.47. The third-order valence-electron chi connectivity index (χ3n) is 4.30. The number of nitrogens with one attached hydrogen (secondary N) is 1. The number of carbonyl (C=O) groups is 3. The first-order valence-corrected chi connectivity index (χ1v) is 8.36. The minimum Gasteiger partial charge on any atom is -0.347 e. The predicted octanol–water partition coefficient (Wildman–Crippen LogP) is 1.16. The average Bonchev–Trinajstić information content (AvgIpc) is 2.73. The molecule has 130 valence electrons. The Bertz CT molecular complexity index is 588. The number of amides is 3. The second-order valence-electron chi connectivity index (χ2n) is 6.07. The highest BCUT2D eigenvalue weighted by atomic mass is 16.2. The molecule has 0 saturated carbocycles. The highest BCUT2D eigenvalue weighted by Crippen LogP contribution is 2.17. The van der Waals surface area contributed by atoms with Crippen molar-refractivity contribution in [2.75, 3.05) is 19.6 Å². The van der Waals surface area contributed by atoms with Crippen molar-refractivity contribution >= 4 is 17.7 Å². The summed E-state index contributed by atoms with van der Waals surface area (Å²) in [6, 6.07) is 9.87. The summed E-state index contributed by atoms with van der Waals surface area (Å²) in [6.07, 6.45) is 1.09. The number of nitrogens with zero attached hydrogens (tertiary/aromatic N) is 2. The lowest BCUT2D eigenvalue weighted by Crippen LogP contribution is -2.46. The van der Waals surface area contributed by atoms with Gasteiger partial charge in [0.1, 0.15) is 0 Å². The van der Waals surface area contributed by atoms with Crippen LogP contribution in [0.25, 0.3) is 0 Å². The molecule has 6 nitrogen and oxygen atoms in total. The molecule has 1 atom stereocenters. The summed E-state index contributed by atoms with van der Waals surface area (Å²) in [5.74, 6) is -0.300. The van der Waals surface area contributed by atoms with Crippen LogP contribution in [0.4, 0.5) is 0 Å². The zero-order valence-electron chi connectivity index (χ0n) is 14.3. The molecule has 1 N–H and O–H groups in total. The van der Waals surface area contributed by atoms with Gasteiger partial charge >= 0.3 is 0 Å². The molecule has 0 aliphatic carbocycles. The third-order valence-corrected chi connectivity index (χ3v) is 4.30. The van der Waals surface area contributed by atoms with Crippen LogP contribution in [0.3, 0.4) is 0 Å². The molecule has 1 aromatic rings. The maximum absolute atomic E-state index is 12.5. The molecule has 0 spiro atoms. The molecule has 24 heavy (non-hydrogen) atoms. The fourth-order valence-electron chi connectivity index (χ4n) is 2.91. The summed E-state index contributed by atoms with van der Waals surface area (Å²) in [4.78, 5) is 39.4. The van der Waals surface area contributed by atoms with Gasteiger partial charge in [-0.3, -0.25) is 14.4 Å². The SMILES string of the molecule is CC[C@@H]1CN(C(=O)CNC(C)=O)CCC(=O)N1Cc1ccccc1. The van der Waals surface area contributed by atoms with Gasteiger partial charge in [0.05, 0.1) is 6.54 Å². The van der Waals surface area contributed by atoms with Crippen molar-refractivity contribution < 1.29 is 14.4 Å². The van der Waals surface area contributed by atoms with E-state index in [9.17, 15) is 14.4 Å². The molecule has 0 unspecified atom stereocenters. The molecule has 1 aliphatic rings. The van der Waals surface area contributed by atoms with Gasteiger partial charge < -0.3 is 15.1 Å². The molecule has 1 aliphatic heterocycles. The van der Waals surface area contributed by atoms with Gasteiger partial charge in [-0.1, -0.05) is 37.3 Å². The summed E-state index contributed by atoms with van der Waals surface area (Å²) in [5.41, 5.74) is 1.09. The van der Waals surface area contributed by atoms with E-state index >= 15 is 0 Å². The molecule has 1 heterocycles. The molecule has 6 heteroatoms. The maximum Gasteiger partial charge on any atom is 0.242 e. The first-order valence-electron chi connectivity index (χ1n) is 8.36. The quantitative estimate of drug-likeness (QED) is 0.880. The van der Waals surface area contributed by atoms with E-state index in [1.54, 1.807) is 4.90 Å². The summed E-state index contributed by atoms with van der Waals surface area (Å²) >= 11 is 0. The zero-order valence-corrected chi connectivity index (χ0v) is 14.3. The lowest BCUT2D eigenvalue weighted by Gasteiger charge is -2.31. The standard InChI is InChI=1S/C18H25N3O3/c1-3-16-13-20(18(24)11-19-14(2)22)10-9-17(23)21(16)12-15-7-5-4-6-8-15/h4-8,16H,3,9-13H2,1-2H3,(H,19,22)/t16-/m1/s1. The van der Waals surface area contributed by atoms with Gasteiger partial charge in [-0.2, -0.15) is 0 Å². The van der Waals surface area contributed by atoms with Crippen molar-refractivity contribution in [3.63, 3.8) is 0 Å².